The normalized spacial score (nSPS) is 15.0. The van der Waals surface area contributed by atoms with Crippen LogP contribution in [-0.2, 0) is 14.4 Å². The Bertz CT molecular complexity index is 583. The Balaban J connectivity index is 4.80. The summed E-state index contributed by atoms with van der Waals surface area (Å²) in [6, 6.07) is 0. The van der Waals surface area contributed by atoms with E-state index in [0.29, 0.717) is 55.1 Å². The minimum Gasteiger partial charge on any atom is -0.356 e. The molecule has 0 aliphatic rings. The molecule has 0 spiro atoms. The Hall–Kier alpha value is -1.59. The summed E-state index contributed by atoms with van der Waals surface area (Å²) in [7, 11) is 0. The van der Waals surface area contributed by atoms with Crippen LogP contribution >= 0.6 is 0 Å². The summed E-state index contributed by atoms with van der Waals surface area (Å²) < 4.78 is 0. The van der Waals surface area contributed by atoms with Crippen LogP contribution in [0.3, 0.4) is 0 Å². The maximum atomic E-state index is 13.0. The van der Waals surface area contributed by atoms with Gasteiger partial charge in [0.1, 0.15) is 0 Å². The van der Waals surface area contributed by atoms with Gasteiger partial charge in [-0.15, -0.1) is 0 Å². The van der Waals surface area contributed by atoms with E-state index in [4.69, 9.17) is 0 Å². The molecule has 0 aliphatic carbocycles. The number of carbonyl (C=O) groups is 3. The summed E-state index contributed by atoms with van der Waals surface area (Å²) in [6.45, 7) is 21.6. The van der Waals surface area contributed by atoms with Crippen molar-refractivity contribution in [3.63, 3.8) is 0 Å². The number of carbonyl (C=O) groups excluding carboxylic acids is 3. The Kier molecular flexibility index (Phi) is 18.7. The maximum Gasteiger partial charge on any atom is 0.224 e. The fraction of sp³-hybridized carbons (Fsp3) is 0.900. The highest BCUT2D eigenvalue weighted by atomic mass is 16.2. The van der Waals surface area contributed by atoms with Crippen molar-refractivity contribution in [1.82, 2.24) is 16.0 Å². The largest absolute Gasteiger partial charge is 0.356 e. The number of hydrogen-bond acceptors (Lipinski definition) is 3. The van der Waals surface area contributed by atoms with Crippen LogP contribution in [-0.4, -0.2) is 37.4 Å². The van der Waals surface area contributed by atoms with E-state index in [0.717, 1.165) is 38.5 Å². The van der Waals surface area contributed by atoms with Gasteiger partial charge in [-0.05, 0) is 74.0 Å². The minimum atomic E-state index is -0.647. The molecule has 0 fully saturated rings. The molecule has 0 bridgehead atoms. The molecular weight excluding hydrogens is 450 g/mol. The first-order valence-corrected chi connectivity index (χ1v) is 14.6. The Morgan fingerprint density at radius 1 is 0.500 bits per heavy atom. The van der Waals surface area contributed by atoms with Crippen molar-refractivity contribution in [2.45, 2.75) is 114 Å². The maximum absolute atomic E-state index is 13.0. The molecule has 3 unspecified atom stereocenters. The molecule has 0 saturated carbocycles. The first kappa shape index (κ1) is 34.4. The average molecular weight is 510 g/mol. The second-order valence-electron chi connectivity index (χ2n) is 12.7. The number of hydrogen-bond donors (Lipinski definition) is 3. The molecule has 36 heavy (non-hydrogen) atoms. The fourth-order valence-corrected chi connectivity index (χ4v) is 5.12. The van der Waals surface area contributed by atoms with Crippen LogP contribution in [0, 0.1) is 41.4 Å². The summed E-state index contributed by atoms with van der Waals surface area (Å²) in [5.41, 5.74) is 0. The lowest BCUT2D eigenvalue weighted by Crippen LogP contribution is -2.39. The van der Waals surface area contributed by atoms with E-state index in [1.165, 1.54) is 0 Å². The van der Waals surface area contributed by atoms with E-state index in [-0.39, 0.29) is 30.6 Å². The SMILES string of the molecule is CC(C)CC(C)CCNC(=O)CC(CC(=O)NCCC(C)CC(C)C)C(=O)NCCC(C)CC(C)C. The van der Waals surface area contributed by atoms with E-state index >= 15 is 0 Å². The molecule has 0 aromatic rings. The van der Waals surface area contributed by atoms with E-state index in [1.54, 1.807) is 0 Å². The quantitative estimate of drug-likeness (QED) is 0.190. The van der Waals surface area contributed by atoms with Crippen LogP contribution in [0.2, 0.25) is 0 Å². The lowest BCUT2D eigenvalue weighted by atomic mass is 9.95. The lowest BCUT2D eigenvalue weighted by Gasteiger charge is -2.19. The van der Waals surface area contributed by atoms with Gasteiger partial charge in [-0.1, -0.05) is 62.3 Å². The molecule has 0 aromatic heterocycles. The summed E-state index contributed by atoms with van der Waals surface area (Å²) >= 11 is 0. The second kappa shape index (κ2) is 19.5. The molecule has 212 valence electrons. The molecule has 0 aliphatic heterocycles. The van der Waals surface area contributed by atoms with E-state index in [2.05, 4.69) is 78.3 Å². The summed E-state index contributed by atoms with van der Waals surface area (Å²) in [6.07, 6.45) is 6.21. The lowest BCUT2D eigenvalue weighted by molar-refractivity contribution is -0.133. The summed E-state index contributed by atoms with van der Waals surface area (Å²) in [4.78, 5) is 38.2. The van der Waals surface area contributed by atoms with Crippen molar-refractivity contribution in [1.29, 1.82) is 0 Å². The molecule has 0 saturated heterocycles. The van der Waals surface area contributed by atoms with Crippen molar-refractivity contribution in [3.05, 3.63) is 0 Å². The predicted molar refractivity (Wildman–Crippen MR) is 151 cm³/mol. The highest BCUT2D eigenvalue weighted by molar-refractivity contribution is 5.90. The monoisotopic (exact) mass is 509 g/mol. The van der Waals surface area contributed by atoms with Gasteiger partial charge in [0, 0.05) is 32.5 Å². The van der Waals surface area contributed by atoms with E-state index in [9.17, 15) is 14.4 Å². The number of nitrogens with one attached hydrogen (secondary N) is 3. The number of amides is 3. The molecule has 3 amide bonds. The molecule has 0 radical (unpaired) electrons. The molecule has 0 heterocycles. The van der Waals surface area contributed by atoms with Crippen molar-refractivity contribution in [2.24, 2.45) is 41.4 Å². The smallest absolute Gasteiger partial charge is 0.224 e. The second-order valence-corrected chi connectivity index (χ2v) is 12.7. The Morgan fingerprint density at radius 3 is 1.11 bits per heavy atom. The van der Waals surface area contributed by atoms with Crippen LogP contribution in [0.4, 0.5) is 0 Å². The summed E-state index contributed by atoms with van der Waals surface area (Å²) in [5, 5.41) is 8.92. The third kappa shape index (κ3) is 19.6. The van der Waals surface area contributed by atoms with Gasteiger partial charge in [0.15, 0.2) is 0 Å². The zero-order valence-corrected chi connectivity index (χ0v) is 25.0. The fourth-order valence-electron chi connectivity index (χ4n) is 5.12. The van der Waals surface area contributed by atoms with Gasteiger partial charge >= 0.3 is 0 Å². The zero-order chi connectivity index (χ0) is 27.7. The highest BCUT2D eigenvalue weighted by Crippen LogP contribution is 2.16. The van der Waals surface area contributed by atoms with Gasteiger partial charge in [-0.2, -0.15) is 0 Å². The standard InChI is InChI=1S/C30H59N3O3/c1-21(2)16-24(7)10-13-31-28(34)19-27(30(36)33-15-12-26(9)18-23(5)6)20-29(35)32-14-11-25(8)17-22(3)4/h21-27H,10-20H2,1-9H3,(H,31,34)(H,32,35)(H,33,36). The highest BCUT2D eigenvalue weighted by Gasteiger charge is 2.25. The van der Waals surface area contributed by atoms with Gasteiger partial charge in [0.25, 0.3) is 0 Å². The Labute approximate surface area is 222 Å². The van der Waals surface area contributed by atoms with Crippen molar-refractivity contribution >= 4 is 17.7 Å². The van der Waals surface area contributed by atoms with E-state index < -0.39 is 5.92 Å². The van der Waals surface area contributed by atoms with E-state index in [1.807, 2.05) is 0 Å². The molecule has 0 aromatic carbocycles. The molecule has 6 nitrogen and oxygen atoms in total. The van der Waals surface area contributed by atoms with Gasteiger partial charge in [0.05, 0.1) is 5.92 Å². The molecule has 3 N–H and O–H groups in total. The van der Waals surface area contributed by atoms with Gasteiger partial charge in [-0.3, -0.25) is 14.4 Å². The molecule has 0 rings (SSSR count). The Morgan fingerprint density at radius 2 is 0.806 bits per heavy atom. The zero-order valence-electron chi connectivity index (χ0n) is 25.0. The summed E-state index contributed by atoms with van der Waals surface area (Å²) in [5.74, 6) is 2.36. The molecule has 3 atom stereocenters. The van der Waals surface area contributed by atoms with Crippen LogP contribution in [0.15, 0.2) is 0 Å². The first-order chi connectivity index (χ1) is 16.8. The number of rotatable bonds is 20. The van der Waals surface area contributed by atoms with Crippen molar-refractivity contribution in [2.75, 3.05) is 19.6 Å². The van der Waals surface area contributed by atoms with Gasteiger partial charge in [-0.25, -0.2) is 0 Å². The average Bonchev–Trinajstić information content (AvgIpc) is 2.71. The van der Waals surface area contributed by atoms with Crippen LogP contribution < -0.4 is 16.0 Å². The molecular formula is C30H59N3O3. The molecule has 6 heteroatoms. The van der Waals surface area contributed by atoms with Gasteiger partial charge in [0.2, 0.25) is 17.7 Å². The van der Waals surface area contributed by atoms with Crippen LogP contribution in [0.1, 0.15) is 114 Å². The first-order valence-electron chi connectivity index (χ1n) is 14.6. The third-order valence-corrected chi connectivity index (χ3v) is 6.71. The minimum absolute atomic E-state index is 0.0448. The third-order valence-electron chi connectivity index (χ3n) is 6.71. The topological polar surface area (TPSA) is 87.3 Å². The predicted octanol–water partition coefficient (Wildman–Crippen LogP) is 5.95. The van der Waals surface area contributed by atoms with Crippen LogP contribution in [0.25, 0.3) is 0 Å². The van der Waals surface area contributed by atoms with Crippen molar-refractivity contribution < 1.29 is 14.4 Å². The van der Waals surface area contributed by atoms with Gasteiger partial charge < -0.3 is 16.0 Å². The van der Waals surface area contributed by atoms with Crippen LogP contribution in [0.5, 0.6) is 0 Å². The van der Waals surface area contributed by atoms with Crippen molar-refractivity contribution in [3.8, 4) is 0 Å².